The number of thiazole rings is 1. The Hall–Kier alpha value is -3.21. The maximum absolute atomic E-state index is 13.9. The molecular weight excluding hydrogens is 622 g/mol. The van der Waals surface area contributed by atoms with Crippen molar-refractivity contribution >= 4 is 73.2 Å². The Labute approximate surface area is 251 Å². The van der Waals surface area contributed by atoms with E-state index in [9.17, 15) is 19.2 Å². The van der Waals surface area contributed by atoms with E-state index in [1.165, 1.54) is 16.2 Å². The first-order chi connectivity index (χ1) is 19.9. The maximum atomic E-state index is 13.9. The number of anilines is 1. The first-order valence-corrected chi connectivity index (χ1v) is 16.2. The number of thioether (sulfide) groups is 1. The number of carbonyl (C=O) groups is 3. The van der Waals surface area contributed by atoms with E-state index < -0.39 is 11.8 Å². The van der Waals surface area contributed by atoms with E-state index in [1.54, 1.807) is 11.8 Å². The zero-order valence-electron chi connectivity index (χ0n) is 21.6. The zero-order valence-corrected chi connectivity index (χ0v) is 24.8. The first-order valence-electron chi connectivity index (χ1n) is 13.7. The SMILES string of the molecule is O=C(CN1C(=O)C2C3CC(C2C1=O)C1C3Sc2[nH]c(=O)sc2[C@@H]1c1cccc(Br)c1)Nc1cccc2ccccc12. The van der Waals surface area contributed by atoms with Crippen molar-refractivity contribution in [2.45, 2.75) is 22.6 Å². The van der Waals surface area contributed by atoms with Crippen molar-refractivity contribution < 1.29 is 14.4 Å². The zero-order chi connectivity index (χ0) is 28.0. The Kier molecular flexibility index (Phi) is 5.85. The highest BCUT2D eigenvalue weighted by Gasteiger charge is 2.69. The second kappa shape index (κ2) is 9.40. The molecule has 2 aliphatic heterocycles. The van der Waals surface area contributed by atoms with Gasteiger partial charge in [-0.05, 0) is 53.3 Å². The third kappa shape index (κ3) is 3.83. The number of carbonyl (C=O) groups excluding carboxylic acids is 3. The summed E-state index contributed by atoms with van der Waals surface area (Å²) in [6.45, 7) is -0.286. The normalized spacial score (nSPS) is 29.5. The molecule has 2 saturated carbocycles. The van der Waals surface area contributed by atoms with Gasteiger partial charge in [-0.25, -0.2) is 0 Å². The Morgan fingerprint density at radius 3 is 2.56 bits per heavy atom. The van der Waals surface area contributed by atoms with Crippen LogP contribution in [0.1, 0.15) is 22.8 Å². The smallest absolute Gasteiger partial charge is 0.305 e. The van der Waals surface area contributed by atoms with Gasteiger partial charge in [-0.3, -0.25) is 24.1 Å². The minimum Gasteiger partial charge on any atom is -0.324 e. The predicted molar refractivity (Wildman–Crippen MR) is 162 cm³/mol. The van der Waals surface area contributed by atoms with Gasteiger partial charge >= 0.3 is 4.87 Å². The van der Waals surface area contributed by atoms with Crippen molar-refractivity contribution in [1.82, 2.24) is 9.88 Å². The molecular formula is C31H24BrN3O4S2. The van der Waals surface area contributed by atoms with Gasteiger partial charge in [0.1, 0.15) is 6.54 Å². The number of amides is 3. The van der Waals surface area contributed by atoms with E-state index in [1.807, 2.05) is 54.6 Å². The summed E-state index contributed by atoms with van der Waals surface area (Å²) in [5.41, 5.74) is 1.77. The van der Waals surface area contributed by atoms with Gasteiger partial charge in [-0.2, -0.15) is 0 Å². The Balaban J connectivity index is 1.09. The number of rotatable bonds is 4. The standard InChI is InChI=1S/C31H24BrN3O4S2/c32-16-8-3-7-15(11-16)22-23-18-12-19(26(23)40-28-27(22)41-31(39)34-28)25-24(18)29(37)35(30(25)38)13-21(36)33-20-10-4-6-14-5-1-2-9-17(14)20/h1-11,18-19,22-26H,12-13H2,(H,33,36)(H,34,39)/t18?,19?,22-,23?,24?,25?,26?/m1/s1. The topological polar surface area (TPSA) is 99.3 Å². The minimum absolute atomic E-state index is 0.0133. The number of H-pyrrole nitrogens is 1. The van der Waals surface area contributed by atoms with Gasteiger partial charge in [-0.1, -0.05) is 75.8 Å². The van der Waals surface area contributed by atoms with Crippen molar-refractivity contribution in [3.8, 4) is 0 Å². The number of nitrogens with zero attached hydrogens (tertiary/aromatic N) is 1. The van der Waals surface area contributed by atoms with Gasteiger partial charge in [0.05, 0.1) is 16.9 Å². The molecule has 4 aromatic rings. The number of fused-ring (bicyclic) bond motifs is 10. The fourth-order valence-corrected chi connectivity index (χ4v) is 11.3. The van der Waals surface area contributed by atoms with Crippen molar-refractivity contribution in [1.29, 1.82) is 0 Å². The summed E-state index contributed by atoms with van der Waals surface area (Å²) in [6.07, 6.45) is 0.814. The Morgan fingerprint density at radius 2 is 1.73 bits per heavy atom. The van der Waals surface area contributed by atoms with Crippen LogP contribution >= 0.6 is 39.0 Å². The molecule has 6 unspecified atom stereocenters. The van der Waals surface area contributed by atoms with Crippen LogP contribution in [0.25, 0.3) is 10.8 Å². The van der Waals surface area contributed by atoms with Crippen molar-refractivity contribution in [2.24, 2.45) is 29.6 Å². The summed E-state index contributed by atoms with van der Waals surface area (Å²) in [7, 11) is 0. The molecule has 3 heterocycles. The number of aromatic nitrogens is 1. The molecule has 2 bridgehead atoms. The van der Waals surface area contributed by atoms with E-state index in [0.717, 1.165) is 37.1 Å². The number of nitrogens with one attached hydrogen (secondary N) is 2. The number of hydrogen-bond donors (Lipinski definition) is 2. The highest BCUT2D eigenvalue weighted by molar-refractivity contribution is 9.10. The van der Waals surface area contributed by atoms with Crippen LogP contribution in [-0.4, -0.2) is 39.4 Å². The van der Waals surface area contributed by atoms with Crippen LogP contribution in [0.5, 0.6) is 0 Å². The monoisotopic (exact) mass is 645 g/mol. The summed E-state index contributed by atoms with van der Waals surface area (Å²) in [5, 5.41) is 5.84. The van der Waals surface area contributed by atoms with Gasteiger partial charge in [-0.15, -0.1) is 11.8 Å². The molecule has 1 aromatic heterocycles. The summed E-state index contributed by atoms with van der Waals surface area (Å²) in [5.74, 6) is -1.55. The third-order valence-corrected chi connectivity index (χ3v) is 12.5. The molecule has 206 valence electrons. The third-order valence-electron chi connectivity index (χ3n) is 9.39. The highest BCUT2D eigenvalue weighted by atomic mass is 79.9. The van der Waals surface area contributed by atoms with Gasteiger partial charge in [0.15, 0.2) is 0 Å². The van der Waals surface area contributed by atoms with E-state index in [4.69, 9.17) is 0 Å². The summed E-state index contributed by atoms with van der Waals surface area (Å²) in [6, 6.07) is 21.6. The molecule has 7 atom stereocenters. The highest BCUT2D eigenvalue weighted by Crippen LogP contribution is 2.68. The number of imide groups is 1. The van der Waals surface area contributed by atoms with E-state index in [-0.39, 0.29) is 58.1 Å². The van der Waals surface area contributed by atoms with Gasteiger partial charge < -0.3 is 10.3 Å². The second-order valence-corrected chi connectivity index (χ2v) is 14.5. The quantitative estimate of drug-likeness (QED) is 0.287. The number of benzene rings is 3. The van der Waals surface area contributed by atoms with Crippen molar-refractivity contribution in [3.63, 3.8) is 0 Å². The van der Waals surface area contributed by atoms with Gasteiger partial charge in [0.25, 0.3) is 0 Å². The number of aromatic amines is 1. The van der Waals surface area contributed by atoms with Gasteiger partial charge in [0.2, 0.25) is 17.7 Å². The fraction of sp³-hybridized carbons (Fsp3) is 0.290. The molecule has 2 N–H and O–H groups in total. The second-order valence-electron chi connectivity index (χ2n) is 11.4. The molecule has 10 heteroatoms. The lowest BCUT2D eigenvalue weighted by Crippen LogP contribution is -2.42. The van der Waals surface area contributed by atoms with Crippen LogP contribution < -0.4 is 10.2 Å². The van der Waals surface area contributed by atoms with Gasteiger partial charge in [0, 0.05) is 31.6 Å². The van der Waals surface area contributed by atoms with Crippen molar-refractivity contribution in [3.05, 3.63) is 91.3 Å². The molecule has 41 heavy (non-hydrogen) atoms. The lowest BCUT2D eigenvalue weighted by molar-refractivity contribution is -0.143. The number of halogens is 1. The number of likely N-dealkylation sites (tertiary alicyclic amines) is 1. The summed E-state index contributed by atoms with van der Waals surface area (Å²) in [4.78, 5) is 58.4. The van der Waals surface area contributed by atoms with Crippen LogP contribution in [0.2, 0.25) is 0 Å². The molecule has 3 fully saturated rings. The molecule has 7 nitrogen and oxygen atoms in total. The van der Waals surface area contributed by atoms with Crippen molar-refractivity contribution in [2.75, 3.05) is 11.9 Å². The average Bonchev–Trinajstić information content (AvgIpc) is 3.69. The average molecular weight is 647 g/mol. The first kappa shape index (κ1) is 25.5. The molecule has 0 spiro atoms. The van der Waals surface area contributed by atoms with E-state index in [0.29, 0.717) is 5.69 Å². The summed E-state index contributed by atoms with van der Waals surface area (Å²) >= 11 is 6.52. The Morgan fingerprint density at radius 1 is 0.976 bits per heavy atom. The largest absolute Gasteiger partial charge is 0.324 e. The molecule has 2 aliphatic carbocycles. The molecule has 4 aliphatic rings. The Bertz CT molecular complexity index is 1830. The summed E-state index contributed by atoms with van der Waals surface area (Å²) < 4.78 is 0.964. The van der Waals surface area contributed by atoms with Crippen LogP contribution in [0.15, 0.2) is 81.0 Å². The maximum Gasteiger partial charge on any atom is 0.305 e. The molecule has 1 saturated heterocycles. The minimum atomic E-state index is -0.424. The predicted octanol–water partition coefficient (Wildman–Crippen LogP) is 5.46. The fourth-order valence-electron chi connectivity index (χ4n) is 7.98. The lowest BCUT2D eigenvalue weighted by Gasteiger charge is -2.43. The number of hydrogen-bond acceptors (Lipinski definition) is 6. The lowest BCUT2D eigenvalue weighted by atomic mass is 9.68. The van der Waals surface area contributed by atoms with Crippen LogP contribution in [-0.2, 0) is 14.4 Å². The molecule has 8 rings (SSSR count). The van der Waals surface area contributed by atoms with Crippen LogP contribution in [0, 0.1) is 29.6 Å². The van der Waals surface area contributed by atoms with E-state index >= 15 is 0 Å². The van der Waals surface area contributed by atoms with Crippen LogP contribution in [0.3, 0.4) is 0 Å². The van der Waals surface area contributed by atoms with Crippen LogP contribution in [0.4, 0.5) is 5.69 Å². The molecule has 3 aromatic carbocycles. The van der Waals surface area contributed by atoms with E-state index in [2.05, 4.69) is 38.4 Å². The molecule has 3 amide bonds. The molecule has 0 radical (unpaired) electrons.